The van der Waals surface area contributed by atoms with Crippen molar-refractivity contribution in [3.63, 3.8) is 0 Å². The fourth-order valence-electron chi connectivity index (χ4n) is 6.69. The standard InChI is InChI=1S/C32H33N3O5/c1-19-8-17-25-24(18-19)32(31(4,5)28(37)35(32)21-11-15-23(40-7)16-12-21)29(38)34(25)26-30(2,3)27(36)33(26)20-9-13-22(39-6)14-10-20/h8-18,26H,1-7H3/t26-,32+/m0/s1. The highest BCUT2D eigenvalue weighted by atomic mass is 16.5. The van der Waals surface area contributed by atoms with Crippen molar-refractivity contribution in [1.82, 2.24) is 0 Å². The third-order valence-corrected chi connectivity index (χ3v) is 8.89. The molecule has 0 saturated carbocycles. The van der Waals surface area contributed by atoms with Crippen LogP contribution in [-0.4, -0.2) is 38.1 Å². The second kappa shape index (κ2) is 8.34. The number of hydrogen-bond acceptors (Lipinski definition) is 5. The Balaban J connectivity index is 1.53. The van der Waals surface area contributed by atoms with Crippen molar-refractivity contribution in [2.24, 2.45) is 10.8 Å². The van der Waals surface area contributed by atoms with Crippen LogP contribution in [0, 0.1) is 17.8 Å². The third kappa shape index (κ3) is 2.99. The lowest BCUT2D eigenvalue weighted by molar-refractivity contribution is -0.154. The number of anilines is 3. The largest absolute Gasteiger partial charge is 0.497 e. The molecule has 0 unspecified atom stereocenters. The Bertz CT molecular complexity index is 1560. The van der Waals surface area contributed by atoms with Gasteiger partial charge in [-0.2, -0.15) is 0 Å². The molecule has 0 N–H and O–H groups in total. The highest BCUT2D eigenvalue weighted by Crippen LogP contribution is 2.64. The van der Waals surface area contributed by atoms with Gasteiger partial charge < -0.3 is 9.47 Å². The van der Waals surface area contributed by atoms with Crippen LogP contribution in [0.5, 0.6) is 11.5 Å². The van der Waals surface area contributed by atoms with Crippen molar-refractivity contribution in [2.75, 3.05) is 28.9 Å². The van der Waals surface area contributed by atoms with Crippen LogP contribution in [0.4, 0.5) is 17.1 Å². The highest BCUT2D eigenvalue weighted by Gasteiger charge is 2.77. The van der Waals surface area contributed by atoms with Crippen molar-refractivity contribution in [3.05, 3.63) is 77.9 Å². The SMILES string of the molecule is COc1ccc(N2C(=O)C(C)(C)[C@@H]2N2C(=O)[C@@]3(c4cc(C)ccc42)N(c2ccc(OC)cc2)C(=O)C3(C)C)cc1. The molecule has 6 rings (SSSR count). The molecule has 3 aliphatic rings. The van der Waals surface area contributed by atoms with E-state index in [4.69, 9.17) is 9.47 Å². The molecule has 8 heteroatoms. The first-order valence-electron chi connectivity index (χ1n) is 13.3. The molecule has 3 aliphatic heterocycles. The van der Waals surface area contributed by atoms with Gasteiger partial charge in [-0.3, -0.25) is 29.1 Å². The van der Waals surface area contributed by atoms with Crippen molar-refractivity contribution >= 4 is 34.8 Å². The molecule has 3 heterocycles. The van der Waals surface area contributed by atoms with Gasteiger partial charge in [0.15, 0.2) is 5.54 Å². The summed E-state index contributed by atoms with van der Waals surface area (Å²) in [5.41, 5.74) is 0.587. The number of carbonyl (C=O) groups is 3. The summed E-state index contributed by atoms with van der Waals surface area (Å²) >= 11 is 0. The van der Waals surface area contributed by atoms with Gasteiger partial charge in [-0.15, -0.1) is 0 Å². The first-order chi connectivity index (χ1) is 18.9. The summed E-state index contributed by atoms with van der Waals surface area (Å²) in [6.45, 7) is 9.38. The van der Waals surface area contributed by atoms with Crippen LogP contribution >= 0.6 is 0 Å². The molecule has 3 aromatic rings. The number of ether oxygens (including phenoxy) is 2. The Morgan fingerprint density at radius 2 is 1.23 bits per heavy atom. The smallest absolute Gasteiger partial charge is 0.260 e. The van der Waals surface area contributed by atoms with Crippen molar-refractivity contribution in [1.29, 1.82) is 0 Å². The third-order valence-electron chi connectivity index (χ3n) is 8.89. The maximum Gasteiger partial charge on any atom is 0.260 e. The molecular weight excluding hydrogens is 506 g/mol. The van der Waals surface area contributed by atoms with Crippen molar-refractivity contribution in [2.45, 2.75) is 46.3 Å². The summed E-state index contributed by atoms with van der Waals surface area (Å²) in [7, 11) is 3.18. The number of benzene rings is 3. The van der Waals surface area contributed by atoms with Gasteiger partial charge >= 0.3 is 0 Å². The van der Waals surface area contributed by atoms with Crippen LogP contribution in [0.15, 0.2) is 66.7 Å². The van der Waals surface area contributed by atoms with Crippen LogP contribution < -0.4 is 24.2 Å². The zero-order chi connectivity index (χ0) is 28.8. The van der Waals surface area contributed by atoms with Gasteiger partial charge in [0.05, 0.1) is 30.7 Å². The van der Waals surface area contributed by atoms with Crippen LogP contribution in [0.2, 0.25) is 0 Å². The lowest BCUT2D eigenvalue weighted by Gasteiger charge is -2.61. The minimum Gasteiger partial charge on any atom is -0.497 e. The van der Waals surface area contributed by atoms with E-state index in [1.807, 2.05) is 65.0 Å². The van der Waals surface area contributed by atoms with E-state index < -0.39 is 22.5 Å². The van der Waals surface area contributed by atoms with Crippen molar-refractivity contribution < 1.29 is 23.9 Å². The molecule has 40 heavy (non-hydrogen) atoms. The predicted molar refractivity (Wildman–Crippen MR) is 153 cm³/mol. The van der Waals surface area contributed by atoms with Gasteiger partial charge in [-0.05, 0) is 89.2 Å². The van der Waals surface area contributed by atoms with Crippen LogP contribution in [0.1, 0.15) is 38.8 Å². The molecule has 2 saturated heterocycles. The first kappa shape index (κ1) is 25.9. The van der Waals surface area contributed by atoms with Gasteiger partial charge in [0.2, 0.25) is 11.8 Å². The summed E-state index contributed by atoms with van der Waals surface area (Å²) in [6.07, 6.45) is -0.592. The summed E-state index contributed by atoms with van der Waals surface area (Å²) in [5, 5.41) is 0. The Morgan fingerprint density at radius 1 is 0.675 bits per heavy atom. The first-order valence-corrected chi connectivity index (χ1v) is 13.3. The van der Waals surface area contributed by atoms with E-state index in [0.29, 0.717) is 28.6 Å². The maximum atomic E-state index is 15.0. The van der Waals surface area contributed by atoms with E-state index in [9.17, 15) is 9.59 Å². The summed E-state index contributed by atoms with van der Waals surface area (Å²) in [6, 6.07) is 20.3. The monoisotopic (exact) mass is 539 g/mol. The number of amides is 3. The van der Waals surface area contributed by atoms with Gasteiger partial charge in [-0.1, -0.05) is 17.7 Å². The zero-order valence-corrected chi connectivity index (χ0v) is 23.8. The minimum atomic E-state index is -1.28. The number of fused-ring (bicyclic) bond motifs is 2. The van der Waals surface area contributed by atoms with Crippen LogP contribution in [0.25, 0.3) is 0 Å². The molecule has 206 valence electrons. The number of β-lactam (4-membered cyclic amide) rings is 2. The second-order valence-corrected chi connectivity index (χ2v) is 11.8. The molecule has 0 radical (unpaired) electrons. The Kier molecular flexibility index (Phi) is 5.40. The molecule has 0 bridgehead atoms. The van der Waals surface area contributed by atoms with Gasteiger partial charge in [0.25, 0.3) is 5.91 Å². The number of hydrogen-bond donors (Lipinski definition) is 0. The van der Waals surface area contributed by atoms with E-state index in [-0.39, 0.29) is 17.7 Å². The lowest BCUT2D eigenvalue weighted by atomic mass is 9.59. The number of methoxy groups -OCH3 is 2. The molecule has 3 aromatic carbocycles. The molecule has 2 atom stereocenters. The molecular formula is C32H33N3O5. The molecule has 3 amide bonds. The highest BCUT2D eigenvalue weighted by molar-refractivity contribution is 6.25. The van der Waals surface area contributed by atoms with Crippen LogP contribution in [0.3, 0.4) is 0 Å². The fraction of sp³-hybridized carbons (Fsp3) is 0.344. The van der Waals surface area contributed by atoms with Crippen molar-refractivity contribution in [3.8, 4) is 11.5 Å². The van der Waals surface area contributed by atoms with E-state index in [0.717, 1.165) is 11.1 Å². The minimum absolute atomic E-state index is 0.0824. The molecule has 0 aromatic heterocycles. The number of carbonyl (C=O) groups excluding carboxylic acids is 3. The van der Waals surface area contributed by atoms with Gasteiger partial charge in [0.1, 0.15) is 17.7 Å². The Morgan fingerprint density at radius 3 is 1.77 bits per heavy atom. The normalized spacial score (nSPS) is 24.1. The lowest BCUT2D eigenvalue weighted by Crippen LogP contribution is -2.80. The Labute approximate surface area is 234 Å². The fourth-order valence-corrected chi connectivity index (χ4v) is 6.69. The average Bonchev–Trinajstić information content (AvgIpc) is 3.20. The van der Waals surface area contributed by atoms with E-state index in [2.05, 4.69) is 0 Å². The molecule has 2 fully saturated rings. The second-order valence-electron chi connectivity index (χ2n) is 11.8. The zero-order valence-electron chi connectivity index (χ0n) is 23.8. The van der Waals surface area contributed by atoms with E-state index in [1.54, 1.807) is 65.3 Å². The maximum absolute atomic E-state index is 15.0. The van der Waals surface area contributed by atoms with E-state index >= 15 is 4.79 Å². The summed E-state index contributed by atoms with van der Waals surface area (Å²) in [5.74, 6) is 0.884. The predicted octanol–water partition coefficient (Wildman–Crippen LogP) is 5.03. The van der Waals surface area contributed by atoms with Gasteiger partial charge in [-0.25, -0.2) is 0 Å². The van der Waals surface area contributed by atoms with Crippen LogP contribution in [-0.2, 0) is 19.9 Å². The summed E-state index contributed by atoms with van der Waals surface area (Å²) < 4.78 is 10.6. The average molecular weight is 540 g/mol. The number of nitrogens with zero attached hydrogens (tertiary/aromatic N) is 3. The van der Waals surface area contributed by atoms with E-state index in [1.165, 1.54) is 0 Å². The van der Waals surface area contributed by atoms with Gasteiger partial charge in [0, 0.05) is 16.9 Å². The molecule has 0 aliphatic carbocycles. The summed E-state index contributed by atoms with van der Waals surface area (Å²) in [4.78, 5) is 47.3. The molecule has 8 nitrogen and oxygen atoms in total. The number of aryl methyl sites for hydroxylation is 1. The molecule has 1 spiro atoms. The number of rotatable bonds is 5. The Hall–Kier alpha value is -4.33. The quantitative estimate of drug-likeness (QED) is 0.425. The topological polar surface area (TPSA) is 79.4 Å².